The fourth-order valence-corrected chi connectivity index (χ4v) is 3.12. The van der Waals surface area contributed by atoms with E-state index in [1.54, 1.807) is 7.11 Å². The second-order valence-electron chi connectivity index (χ2n) is 4.25. The Morgan fingerprint density at radius 2 is 2.38 bits per heavy atom. The molecular weight excluding hydrogens is 218 g/mol. The predicted molar refractivity (Wildman–Crippen MR) is 70.3 cm³/mol. The standard InChI is InChI=1S/C13H19NOS/c1-10-3-4-11(7-13(10)15-2)8-14-12-5-6-16-9-12/h3-4,7,12,14H,5-6,8-9H2,1-2H3. The number of aryl methyl sites for hydroxylation is 1. The van der Waals surface area contributed by atoms with Crippen molar-refractivity contribution in [2.24, 2.45) is 0 Å². The number of nitrogens with one attached hydrogen (secondary N) is 1. The van der Waals surface area contributed by atoms with Gasteiger partial charge in [0.25, 0.3) is 0 Å². The average molecular weight is 237 g/mol. The lowest BCUT2D eigenvalue weighted by atomic mass is 10.1. The van der Waals surface area contributed by atoms with E-state index in [2.05, 4.69) is 30.4 Å². The minimum absolute atomic E-state index is 0.692. The highest BCUT2D eigenvalue weighted by atomic mass is 32.2. The van der Waals surface area contributed by atoms with Crippen LogP contribution in [-0.4, -0.2) is 24.7 Å². The summed E-state index contributed by atoms with van der Waals surface area (Å²) < 4.78 is 5.33. The maximum atomic E-state index is 5.33. The topological polar surface area (TPSA) is 21.3 Å². The maximum absolute atomic E-state index is 5.33. The predicted octanol–water partition coefficient (Wildman–Crippen LogP) is 2.60. The quantitative estimate of drug-likeness (QED) is 0.869. The van der Waals surface area contributed by atoms with Gasteiger partial charge in [0, 0.05) is 18.3 Å². The summed E-state index contributed by atoms with van der Waals surface area (Å²) in [6.45, 7) is 3.02. The van der Waals surface area contributed by atoms with Crippen LogP contribution in [0.5, 0.6) is 5.75 Å². The van der Waals surface area contributed by atoms with Crippen molar-refractivity contribution in [2.75, 3.05) is 18.6 Å². The number of rotatable bonds is 4. The lowest BCUT2D eigenvalue weighted by Gasteiger charge is -2.12. The molecule has 0 saturated carbocycles. The Labute approximate surface area is 102 Å². The van der Waals surface area contributed by atoms with Gasteiger partial charge in [0.2, 0.25) is 0 Å². The first-order valence-corrected chi connectivity index (χ1v) is 6.89. The Kier molecular flexibility index (Phi) is 4.13. The van der Waals surface area contributed by atoms with Crippen molar-refractivity contribution in [3.05, 3.63) is 29.3 Å². The molecule has 0 amide bonds. The molecule has 1 aromatic carbocycles. The van der Waals surface area contributed by atoms with Gasteiger partial charge in [-0.25, -0.2) is 0 Å². The SMILES string of the molecule is COc1cc(CNC2CCSC2)ccc1C. The molecule has 1 heterocycles. The van der Waals surface area contributed by atoms with Gasteiger partial charge in [-0.15, -0.1) is 0 Å². The van der Waals surface area contributed by atoms with E-state index < -0.39 is 0 Å². The Hall–Kier alpha value is -0.670. The Bertz CT molecular complexity index is 348. The van der Waals surface area contributed by atoms with Crippen LogP contribution >= 0.6 is 11.8 Å². The lowest BCUT2D eigenvalue weighted by molar-refractivity contribution is 0.410. The molecule has 1 atom stereocenters. The maximum Gasteiger partial charge on any atom is 0.122 e. The number of thioether (sulfide) groups is 1. The summed E-state index contributed by atoms with van der Waals surface area (Å²) in [5, 5.41) is 3.59. The normalized spacial score (nSPS) is 20.0. The highest BCUT2D eigenvalue weighted by Crippen LogP contribution is 2.20. The van der Waals surface area contributed by atoms with Crippen molar-refractivity contribution in [3.63, 3.8) is 0 Å². The van der Waals surface area contributed by atoms with Gasteiger partial charge in [-0.2, -0.15) is 11.8 Å². The van der Waals surface area contributed by atoms with Crippen LogP contribution in [0.3, 0.4) is 0 Å². The molecule has 2 nitrogen and oxygen atoms in total. The van der Waals surface area contributed by atoms with Gasteiger partial charge in [0.15, 0.2) is 0 Å². The first kappa shape index (κ1) is 11.8. The largest absolute Gasteiger partial charge is 0.496 e. The Morgan fingerprint density at radius 3 is 3.06 bits per heavy atom. The molecule has 2 rings (SSSR count). The summed E-state index contributed by atoms with van der Waals surface area (Å²) in [6.07, 6.45) is 1.30. The second-order valence-corrected chi connectivity index (χ2v) is 5.40. The van der Waals surface area contributed by atoms with Gasteiger partial charge >= 0.3 is 0 Å². The molecule has 1 fully saturated rings. The number of hydrogen-bond donors (Lipinski definition) is 1. The number of hydrogen-bond acceptors (Lipinski definition) is 3. The minimum Gasteiger partial charge on any atom is -0.496 e. The van der Waals surface area contributed by atoms with Crippen LogP contribution in [0.4, 0.5) is 0 Å². The smallest absolute Gasteiger partial charge is 0.122 e. The molecule has 0 spiro atoms. The van der Waals surface area contributed by atoms with Crippen molar-refractivity contribution in [1.82, 2.24) is 5.32 Å². The molecule has 0 aliphatic carbocycles. The van der Waals surface area contributed by atoms with Gasteiger partial charge in [-0.05, 0) is 36.3 Å². The van der Waals surface area contributed by atoms with Crippen molar-refractivity contribution in [1.29, 1.82) is 0 Å². The Morgan fingerprint density at radius 1 is 1.50 bits per heavy atom. The third-order valence-corrected chi connectivity index (χ3v) is 4.16. The van der Waals surface area contributed by atoms with Gasteiger partial charge in [-0.1, -0.05) is 12.1 Å². The van der Waals surface area contributed by atoms with Crippen LogP contribution in [0, 0.1) is 6.92 Å². The van der Waals surface area contributed by atoms with Crippen LogP contribution in [-0.2, 0) is 6.54 Å². The fraction of sp³-hybridized carbons (Fsp3) is 0.538. The van der Waals surface area contributed by atoms with Crippen molar-refractivity contribution < 1.29 is 4.74 Å². The van der Waals surface area contributed by atoms with Gasteiger partial charge in [0.1, 0.15) is 5.75 Å². The van der Waals surface area contributed by atoms with Crippen LogP contribution in [0.2, 0.25) is 0 Å². The van der Waals surface area contributed by atoms with E-state index >= 15 is 0 Å². The molecular formula is C13H19NOS. The first-order valence-electron chi connectivity index (χ1n) is 5.74. The third-order valence-electron chi connectivity index (χ3n) is 3.00. The summed E-state index contributed by atoms with van der Waals surface area (Å²) in [7, 11) is 1.73. The number of ether oxygens (including phenoxy) is 1. The molecule has 3 heteroatoms. The van der Waals surface area contributed by atoms with Gasteiger partial charge in [-0.3, -0.25) is 0 Å². The molecule has 16 heavy (non-hydrogen) atoms. The molecule has 88 valence electrons. The highest BCUT2D eigenvalue weighted by molar-refractivity contribution is 7.99. The van der Waals surface area contributed by atoms with E-state index in [1.807, 2.05) is 11.8 Å². The summed E-state index contributed by atoms with van der Waals surface area (Å²) in [6, 6.07) is 7.12. The molecule has 1 unspecified atom stereocenters. The zero-order valence-corrected chi connectivity index (χ0v) is 10.8. The molecule has 0 bridgehead atoms. The van der Waals surface area contributed by atoms with E-state index in [1.165, 1.54) is 29.1 Å². The van der Waals surface area contributed by atoms with Gasteiger partial charge in [0.05, 0.1) is 7.11 Å². The van der Waals surface area contributed by atoms with Crippen LogP contribution < -0.4 is 10.1 Å². The van der Waals surface area contributed by atoms with Crippen LogP contribution in [0.15, 0.2) is 18.2 Å². The fourth-order valence-electron chi connectivity index (χ4n) is 1.93. The van der Waals surface area contributed by atoms with E-state index in [-0.39, 0.29) is 0 Å². The van der Waals surface area contributed by atoms with Crippen molar-refractivity contribution in [2.45, 2.75) is 25.9 Å². The first-order chi connectivity index (χ1) is 7.79. The number of methoxy groups -OCH3 is 1. The summed E-state index contributed by atoms with van der Waals surface area (Å²) >= 11 is 2.04. The third kappa shape index (κ3) is 2.92. The van der Waals surface area contributed by atoms with E-state index in [0.717, 1.165) is 12.3 Å². The van der Waals surface area contributed by atoms with E-state index in [0.29, 0.717) is 6.04 Å². The number of benzene rings is 1. The van der Waals surface area contributed by atoms with E-state index in [9.17, 15) is 0 Å². The average Bonchev–Trinajstić information content (AvgIpc) is 2.81. The molecule has 1 N–H and O–H groups in total. The highest BCUT2D eigenvalue weighted by Gasteiger charge is 2.14. The Balaban J connectivity index is 1.93. The molecule has 1 aromatic rings. The molecule has 1 aliphatic rings. The van der Waals surface area contributed by atoms with Crippen molar-refractivity contribution in [3.8, 4) is 5.75 Å². The van der Waals surface area contributed by atoms with Crippen LogP contribution in [0.25, 0.3) is 0 Å². The van der Waals surface area contributed by atoms with Crippen molar-refractivity contribution >= 4 is 11.8 Å². The van der Waals surface area contributed by atoms with E-state index in [4.69, 9.17) is 4.74 Å². The lowest BCUT2D eigenvalue weighted by Crippen LogP contribution is -2.27. The minimum atomic E-state index is 0.692. The zero-order chi connectivity index (χ0) is 11.4. The zero-order valence-electron chi connectivity index (χ0n) is 9.95. The van der Waals surface area contributed by atoms with Crippen LogP contribution in [0.1, 0.15) is 17.5 Å². The monoisotopic (exact) mass is 237 g/mol. The molecule has 0 aromatic heterocycles. The molecule has 1 aliphatic heterocycles. The summed E-state index contributed by atoms with van der Waals surface area (Å²) in [4.78, 5) is 0. The van der Waals surface area contributed by atoms with Gasteiger partial charge < -0.3 is 10.1 Å². The molecule has 0 radical (unpaired) electrons. The molecule has 1 saturated heterocycles. The summed E-state index contributed by atoms with van der Waals surface area (Å²) in [5.74, 6) is 3.54. The summed E-state index contributed by atoms with van der Waals surface area (Å²) in [5.41, 5.74) is 2.50. The second kappa shape index (κ2) is 5.60.